The molecule has 3 aliphatic rings. The highest BCUT2D eigenvalue weighted by Gasteiger charge is 2.39. The number of carbonyl (C=O) groups is 5. The van der Waals surface area contributed by atoms with Crippen molar-refractivity contribution in [2.45, 2.75) is 70.1 Å². The summed E-state index contributed by atoms with van der Waals surface area (Å²) < 4.78 is 0. The smallest absolute Gasteiger partial charge is 0.255 e. The van der Waals surface area contributed by atoms with Gasteiger partial charge >= 0.3 is 0 Å². The lowest BCUT2D eigenvalue weighted by atomic mass is 10.0. The van der Waals surface area contributed by atoms with Crippen LogP contribution in [0.3, 0.4) is 0 Å². The van der Waals surface area contributed by atoms with E-state index in [1.807, 2.05) is 6.07 Å². The monoisotopic (exact) mass is 550 g/mol. The fraction of sp³-hybridized carbons (Fsp3) is 0.414. The number of hydrogen-bond acceptors (Lipinski definition) is 5. The zero-order valence-electron chi connectivity index (χ0n) is 21.5. The van der Waals surface area contributed by atoms with Gasteiger partial charge in [0.15, 0.2) is 0 Å². The number of amides is 5. The van der Waals surface area contributed by atoms with E-state index >= 15 is 0 Å². The minimum Gasteiger partial charge on any atom is -0.350 e. The maximum Gasteiger partial charge on any atom is 0.255 e. The minimum atomic E-state index is -0.866. The van der Waals surface area contributed by atoms with Gasteiger partial charge in [-0.2, -0.15) is 0 Å². The molecule has 0 aromatic heterocycles. The summed E-state index contributed by atoms with van der Waals surface area (Å²) in [6, 6.07) is 10.6. The number of halogens is 1. The van der Waals surface area contributed by atoms with Gasteiger partial charge in [-0.3, -0.25) is 29.3 Å². The van der Waals surface area contributed by atoms with Crippen LogP contribution in [0.2, 0.25) is 5.02 Å². The molecule has 10 heteroatoms. The molecule has 0 radical (unpaired) electrons. The van der Waals surface area contributed by atoms with Crippen molar-refractivity contribution in [2.24, 2.45) is 5.92 Å². The normalized spacial score (nSPS) is 20.0. The Bertz CT molecular complexity index is 1310. The highest BCUT2D eigenvalue weighted by Crippen LogP contribution is 2.29. The van der Waals surface area contributed by atoms with Crippen LogP contribution in [0.5, 0.6) is 0 Å². The summed E-state index contributed by atoms with van der Waals surface area (Å²) in [5.41, 5.74) is 2.69. The van der Waals surface area contributed by atoms with Crippen LogP contribution in [-0.2, 0) is 32.3 Å². The van der Waals surface area contributed by atoms with E-state index in [9.17, 15) is 24.0 Å². The molecular formula is C29H31ClN4O5. The van der Waals surface area contributed by atoms with Gasteiger partial charge < -0.3 is 15.5 Å². The van der Waals surface area contributed by atoms with Crippen LogP contribution in [-0.4, -0.2) is 40.5 Å². The Labute approximate surface area is 231 Å². The van der Waals surface area contributed by atoms with Gasteiger partial charge in [0.2, 0.25) is 23.6 Å². The summed E-state index contributed by atoms with van der Waals surface area (Å²) in [5, 5.41) is 8.66. The molecule has 2 fully saturated rings. The number of nitrogens with zero attached hydrogens (tertiary/aromatic N) is 1. The van der Waals surface area contributed by atoms with Gasteiger partial charge in [0.05, 0.1) is 0 Å². The first-order chi connectivity index (χ1) is 18.8. The first-order valence-corrected chi connectivity index (χ1v) is 13.8. The van der Waals surface area contributed by atoms with Crippen LogP contribution in [0.1, 0.15) is 78.0 Å². The van der Waals surface area contributed by atoms with Crippen molar-refractivity contribution in [1.29, 1.82) is 0 Å². The zero-order chi connectivity index (χ0) is 27.5. The number of benzene rings is 2. The lowest BCUT2D eigenvalue weighted by Crippen LogP contribution is -2.52. The second-order valence-corrected chi connectivity index (χ2v) is 11.0. The SMILES string of the molecule is O=C1CCC(N2Cc3cc(CNC(=O)[C@@H](NC(=O)CC4CCCC4)c4ccc(Cl)cc4)ccc3C2=O)C(=O)N1. The average Bonchev–Trinajstić information content (AvgIpc) is 3.54. The molecule has 0 spiro atoms. The van der Waals surface area contributed by atoms with Crippen LogP contribution in [0.15, 0.2) is 42.5 Å². The number of imide groups is 1. The van der Waals surface area contributed by atoms with Crippen molar-refractivity contribution in [3.05, 3.63) is 69.7 Å². The van der Waals surface area contributed by atoms with Gasteiger partial charge in [0.25, 0.3) is 5.91 Å². The summed E-state index contributed by atoms with van der Waals surface area (Å²) >= 11 is 6.03. The number of fused-ring (bicyclic) bond motifs is 1. The first kappa shape index (κ1) is 26.9. The molecule has 1 aliphatic carbocycles. The van der Waals surface area contributed by atoms with Gasteiger partial charge in [0.1, 0.15) is 12.1 Å². The fourth-order valence-electron chi connectivity index (χ4n) is 5.68. The Morgan fingerprint density at radius 1 is 1.03 bits per heavy atom. The van der Waals surface area contributed by atoms with Gasteiger partial charge in [-0.15, -0.1) is 0 Å². The Balaban J connectivity index is 1.24. The molecule has 2 aliphatic heterocycles. The molecular weight excluding hydrogens is 520 g/mol. The van der Waals surface area contributed by atoms with Crippen LogP contribution in [0, 0.1) is 5.92 Å². The van der Waals surface area contributed by atoms with E-state index in [1.54, 1.807) is 36.4 Å². The fourth-order valence-corrected chi connectivity index (χ4v) is 5.81. The Kier molecular flexibility index (Phi) is 7.97. The summed E-state index contributed by atoms with van der Waals surface area (Å²) in [4.78, 5) is 64.3. The third kappa shape index (κ3) is 6.14. The third-order valence-electron chi connectivity index (χ3n) is 7.77. The number of rotatable bonds is 8. The molecule has 2 aromatic rings. The van der Waals surface area contributed by atoms with Gasteiger partial charge in [-0.1, -0.05) is 48.7 Å². The standard InChI is InChI=1S/C29H31ClN4O5/c30-21-8-6-19(7-9-21)26(32-25(36)14-17-3-1-2-4-17)28(38)31-15-18-5-10-22-20(13-18)16-34(29(22)39)23-11-12-24(35)33-27(23)37/h5-10,13,17,23,26H,1-4,11-12,14-16H2,(H,31,38)(H,32,36)(H,33,35,37)/t23?,26-/m0/s1. The predicted octanol–water partition coefficient (Wildman–Crippen LogP) is 3.16. The Morgan fingerprint density at radius 2 is 1.77 bits per heavy atom. The molecule has 5 amide bonds. The molecule has 3 N–H and O–H groups in total. The van der Waals surface area contributed by atoms with Crippen LogP contribution in [0.4, 0.5) is 0 Å². The maximum absolute atomic E-state index is 13.3. The summed E-state index contributed by atoms with van der Waals surface area (Å²) in [6.45, 7) is 0.453. The summed E-state index contributed by atoms with van der Waals surface area (Å²) in [6.07, 6.45) is 5.24. The number of hydrogen-bond donors (Lipinski definition) is 3. The van der Waals surface area contributed by atoms with E-state index in [-0.39, 0.29) is 43.1 Å². The second kappa shape index (κ2) is 11.6. The topological polar surface area (TPSA) is 125 Å². The van der Waals surface area contributed by atoms with Crippen LogP contribution < -0.4 is 16.0 Å². The summed E-state index contributed by atoms with van der Waals surface area (Å²) in [7, 11) is 0. The van der Waals surface area contributed by atoms with Crippen molar-refractivity contribution in [3.63, 3.8) is 0 Å². The van der Waals surface area contributed by atoms with Gasteiger partial charge in [0, 0.05) is 36.5 Å². The second-order valence-electron chi connectivity index (χ2n) is 10.5. The van der Waals surface area contributed by atoms with Crippen molar-refractivity contribution >= 4 is 41.1 Å². The Morgan fingerprint density at radius 3 is 2.49 bits per heavy atom. The molecule has 2 heterocycles. The zero-order valence-corrected chi connectivity index (χ0v) is 22.3. The molecule has 0 bridgehead atoms. The van der Waals surface area contributed by atoms with E-state index in [1.165, 1.54) is 4.90 Å². The van der Waals surface area contributed by atoms with Gasteiger partial charge in [-0.05, 0) is 60.1 Å². The third-order valence-corrected chi connectivity index (χ3v) is 8.03. The molecule has 1 saturated heterocycles. The number of piperidine rings is 1. The molecule has 2 atom stereocenters. The van der Waals surface area contributed by atoms with E-state index in [4.69, 9.17) is 11.6 Å². The van der Waals surface area contributed by atoms with E-state index in [0.29, 0.717) is 34.9 Å². The van der Waals surface area contributed by atoms with E-state index in [2.05, 4.69) is 16.0 Å². The van der Waals surface area contributed by atoms with Crippen molar-refractivity contribution < 1.29 is 24.0 Å². The van der Waals surface area contributed by atoms with E-state index < -0.39 is 18.0 Å². The lowest BCUT2D eigenvalue weighted by molar-refractivity contribution is -0.137. The van der Waals surface area contributed by atoms with Crippen molar-refractivity contribution in [2.75, 3.05) is 0 Å². The van der Waals surface area contributed by atoms with Crippen molar-refractivity contribution in [1.82, 2.24) is 20.9 Å². The maximum atomic E-state index is 13.3. The number of nitrogens with one attached hydrogen (secondary N) is 3. The molecule has 1 unspecified atom stereocenters. The number of carbonyl (C=O) groups excluding carboxylic acids is 5. The minimum absolute atomic E-state index is 0.151. The summed E-state index contributed by atoms with van der Waals surface area (Å²) in [5.74, 6) is -1.18. The molecule has 2 aromatic carbocycles. The predicted molar refractivity (Wildman–Crippen MR) is 143 cm³/mol. The van der Waals surface area contributed by atoms with Gasteiger partial charge in [-0.25, -0.2) is 0 Å². The average molecular weight is 551 g/mol. The highest BCUT2D eigenvalue weighted by molar-refractivity contribution is 6.30. The van der Waals surface area contributed by atoms with Crippen molar-refractivity contribution in [3.8, 4) is 0 Å². The molecule has 204 valence electrons. The van der Waals surface area contributed by atoms with E-state index in [0.717, 1.165) is 36.8 Å². The Hall–Kier alpha value is -3.72. The largest absolute Gasteiger partial charge is 0.350 e. The van der Waals surface area contributed by atoms with Crippen LogP contribution in [0.25, 0.3) is 0 Å². The molecule has 9 nitrogen and oxygen atoms in total. The molecule has 1 saturated carbocycles. The molecule has 39 heavy (non-hydrogen) atoms. The first-order valence-electron chi connectivity index (χ1n) is 13.4. The molecule has 5 rings (SSSR count). The lowest BCUT2D eigenvalue weighted by Gasteiger charge is -2.29. The van der Waals surface area contributed by atoms with Crippen LogP contribution >= 0.6 is 11.6 Å². The quantitative estimate of drug-likeness (QED) is 0.435. The highest BCUT2D eigenvalue weighted by atomic mass is 35.5.